The summed E-state index contributed by atoms with van der Waals surface area (Å²) in [6.45, 7) is 0.356. The summed E-state index contributed by atoms with van der Waals surface area (Å²) in [5.41, 5.74) is 4.00. The van der Waals surface area contributed by atoms with Gasteiger partial charge in [0.1, 0.15) is 12.1 Å². The molecule has 0 unspecified atom stereocenters. The number of imidazole rings is 1. The van der Waals surface area contributed by atoms with E-state index in [-0.39, 0.29) is 11.8 Å². The summed E-state index contributed by atoms with van der Waals surface area (Å²) in [6.07, 6.45) is 3.97. The minimum absolute atomic E-state index is 0.0272. The fraction of sp³-hybridized carbons (Fsp3) is 0.130. The molecular weight excluding hydrogens is 410 g/mol. The maximum absolute atomic E-state index is 12.6. The number of fused-ring (bicyclic) bond motifs is 2. The number of benzene rings is 2. The van der Waals surface area contributed by atoms with Crippen molar-refractivity contribution < 1.29 is 9.59 Å². The Bertz CT molecular complexity index is 1280. The summed E-state index contributed by atoms with van der Waals surface area (Å²) in [4.78, 5) is 34.3. The van der Waals surface area contributed by atoms with Gasteiger partial charge in [0.2, 0.25) is 5.91 Å². The second-order valence-corrected chi connectivity index (χ2v) is 8.30. The van der Waals surface area contributed by atoms with Crippen molar-refractivity contribution in [3.63, 3.8) is 0 Å². The van der Waals surface area contributed by atoms with Gasteiger partial charge in [-0.1, -0.05) is 18.2 Å². The summed E-state index contributed by atoms with van der Waals surface area (Å²) in [7, 11) is 0. The lowest BCUT2D eigenvalue weighted by atomic mass is 10.1. The van der Waals surface area contributed by atoms with Crippen molar-refractivity contribution in [2.75, 3.05) is 11.1 Å². The molecule has 2 aromatic heterocycles. The number of thioether (sulfide) groups is 1. The number of nitrogens with zero attached hydrogens (tertiary/aromatic N) is 3. The van der Waals surface area contributed by atoms with Gasteiger partial charge in [-0.15, -0.1) is 11.8 Å². The third-order valence-electron chi connectivity index (χ3n) is 5.07. The molecule has 0 saturated carbocycles. The fourth-order valence-corrected chi connectivity index (χ4v) is 4.39. The van der Waals surface area contributed by atoms with E-state index in [0.717, 1.165) is 33.1 Å². The molecule has 0 fully saturated rings. The number of hydrogen-bond donors (Lipinski definition) is 2. The fourth-order valence-electron chi connectivity index (χ4n) is 3.45. The number of carbonyl (C=O) groups excluding carboxylic acids is 2. The predicted molar refractivity (Wildman–Crippen MR) is 120 cm³/mol. The SMILES string of the molecule is O=C1CCSc2ccc(C(=O)NCc3ccc(-n4cnc5ccccc54)nc3)cc2N1. The molecule has 2 amide bonds. The van der Waals surface area contributed by atoms with Crippen LogP contribution in [-0.2, 0) is 11.3 Å². The number of para-hydroxylation sites is 2. The number of anilines is 1. The third kappa shape index (κ3) is 4.02. The van der Waals surface area contributed by atoms with Crippen molar-refractivity contribution >= 4 is 40.3 Å². The summed E-state index contributed by atoms with van der Waals surface area (Å²) in [5, 5.41) is 5.78. The molecule has 0 radical (unpaired) electrons. The van der Waals surface area contributed by atoms with Gasteiger partial charge >= 0.3 is 0 Å². The van der Waals surface area contributed by atoms with Crippen LogP contribution in [0.25, 0.3) is 16.9 Å². The van der Waals surface area contributed by atoms with Gasteiger partial charge in [0.25, 0.3) is 5.91 Å². The first kappa shape index (κ1) is 19.3. The molecule has 0 atom stereocenters. The molecule has 1 aliphatic heterocycles. The zero-order valence-electron chi connectivity index (χ0n) is 16.5. The van der Waals surface area contributed by atoms with Crippen LogP contribution in [0.1, 0.15) is 22.3 Å². The highest BCUT2D eigenvalue weighted by Gasteiger charge is 2.16. The van der Waals surface area contributed by atoms with Gasteiger partial charge in [-0.2, -0.15) is 0 Å². The third-order valence-corrected chi connectivity index (χ3v) is 6.14. The lowest BCUT2D eigenvalue weighted by molar-refractivity contribution is -0.115. The Labute approximate surface area is 182 Å². The van der Waals surface area contributed by atoms with E-state index in [4.69, 9.17) is 0 Å². The summed E-state index contributed by atoms with van der Waals surface area (Å²) < 4.78 is 1.93. The maximum atomic E-state index is 12.6. The zero-order chi connectivity index (χ0) is 21.2. The Hall–Kier alpha value is -3.65. The minimum Gasteiger partial charge on any atom is -0.348 e. The molecule has 1 aliphatic rings. The van der Waals surface area contributed by atoms with Crippen molar-refractivity contribution in [3.05, 3.63) is 78.2 Å². The first-order chi connectivity index (χ1) is 15.2. The number of amides is 2. The monoisotopic (exact) mass is 429 g/mol. The largest absolute Gasteiger partial charge is 0.348 e. The van der Waals surface area contributed by atoms with Crippen LogP contribution in [-0.4, -0.2) is 32.1 Å². The average molecular weight is 430 g/mol. The molecule has 7 nitrogen and oxygen atoms in total. The number of nitrogens with one attached hydrogen (secondary N) is 2. The van der Waals surface area contributed by atoms with Crippen molar-refractivity contribution in [2.45, 2.75) is 17.9 Å². The quantitative estimate of drug-likeness (QED) is 0.515. The molecular formula is C23H19N5O2S. The van der Waals surface area contributed by atoms with Gasteiger partial charge in [0, 0.05) is 35.4 Å². The molecule has 154 valence electrons. The minimum atomic E-state index is -0.198. The van der Waals surface area contributed by atoms with Crippen molar-refractivity contribution in [3.8, 4) is 5.82 Å². The first-order valence-corrected chi connectivity index (χ1v) is 10.9. The van der Waals surface area contributed by atoms with Crippen molar-refractivity contribution in [1.29, 1.82) is 0 Å². The second kappa shape index (κ2) is 8.23. The molecule has 4 aromatic rings. The molecule has 0 spiro atoms. The van der Waals surface area contributed by atoms with Gasteiger partial charge in [-0.05, 0) is 42.0 Å². The Balaban J connectivity index is 1.27. The molecule has 8 heteroatoms. The van der Waals surface area contributed by atoms with Crippen LogP contribution in [0, 0.1) is 0 Å². The highest BCUT2D eigenvalue weighted by Crippen LogP contribution is 2.31. The van der Waals surface area contributed by atoms with Crippen LogP contribution >= 0.6 is 11.8 Å². The molecule has 0 aliphatic carbocycles. The van der Waals surface area contributed by atoms with Gasteiger partial charge in [0.15, 0.2) is 0 Å². The highest BCUT2D eigenvalue weighted by molar-refractivity contribution is 7.99. The average Bonchev–Trinajstić information content (AvgIpc) is 3.13. The molecule has 2 aromatic carbocycles. The standard InChI is InChI=1S/C23H19N5O2S/c29-22-9-10-31-20-7-6-16(11-18(20)27-22)23(30)25-13-15-5-8-21(24-12-15)28-14-26-17-3-1-2-4-19(17)28/h1-8,11-12,14H,9-10,13H2,(H,25,30)(H,27,29). The Morgan fingerprint density at radius 1 is 1.13 bits per heavy atom. The Kier molecular flexibility index (Phi) is 5.13. The van der Waals surface area contributed by atoms with Crippen LogP contribution in [0.4, 0.5) is 5.69 Å². The van der Waals surface area contributed by atoms with E-state index >= 15 is 0 Å². The number of aromatic nitrogens is 3. The normalized spacial score (nSPS) is 13.4. The number of carbonyl (C=O) groups is 2. The summed E-state index contributed by atoms with van der Waals surface area (Å²) in [6, 6.07) is 17.1. The molecule has 5 rings (SSSR count). The van der Waals surface area contributed by atoms with Crippen LogP contribution in [0.15, 0.2) is 72.0 Å². The molecule has 31 heavy (non-hydrogen) atoms. The van der Waals surface area contributed by atoms with Crippen LogP contribution < -0.4 is 10.6 Å². The van der Waals surface area contributed by atoms with Gasteiger partial charge in [-0.25, -0.2) is 9.97 Å². The topological polar surface area (TPSA) is 88.9 Å². The number of rotatable bonds is 4. The van der Waals surface area contributed by atoms with Crippen molar-refractivity contribution in [1.82, 2.24) is 19.9 Å². The maximum Gasteiger partial charge on any atom is 0.251 e. The van der Waals surface area contributed by atoms with E-state index in [2.05, 4.69) is 20.6 Å². The smallest absolute Gasteiger partial charge is 0.251 e. The number of hydrogen-bond acceptors (Lipinski definition) is 5. The molecule has 2 N–H and O–H groups in total. The van der Waals surface area contributed by atoms with Gasteiger partial charge in [-0.3, -0.25) is 14.2 Å². The van der Waals surface area contributed by atoms with E-state index in [9.17, 15) is 9.59 Å². The Morgan fingerprint density at radius 3 is 2.90 bits per heavy atom. The van der Waals surface area contributed by atoms with E-state index in [1.54, 1.807) is 36.4 Å². The highest BCUT2D eigenvalue weighted by atomic mass is 32.2. The lowest BCUT2D eigenvalue weighted by Gasteiger charge is -2.10. The molecule has 0 bridgehead atoms. The van der Waals surface area contributed by atoms with Crippen LogP contribution in [0.3, 0.4) is 0 Å². The second-order valence-electron chi connectivity index (χ2n) is 7.17. The van der Waals surface area contributed by atoms with E-state index in [1.807, 2.05) is 47.0 Å². The first-order valence-electron chi connectivity index (χ1n) is 9.90. The Morgan fingerprint density at radius 2 is 2.03 bits per heavy atom. The van der Waals surface area contributed by atoms with E-state index in [0.29, 0.717) is 24.2 Å². The van der Waals surface area contributed by atoms with Gasteiger partial charge < -0.3 is 10.6 Å². The molecule has 0 saturated heterocycles. The molecule has 3 heterocycles. The summed E-state index contributed by atoms with van der Waals surface area (Å²) >= 11 is 1.61. The summed E-state index contributed by atoms with van der Waals surface area (Å²) in [5.74, 6) is 1.28. The van der Waals surface area contributed by atoms with E-state index in [1.165, 1.54) is 0 Å². The van der Waals surface area contributed by atoms with Crippen LogP contribution in [0.2, 0.25) is 0 Å². The zero-order valence-corrected chi connectivity index (χ0v) is 17.4. The van der Waals surface area contributed by atoms with Gasteiger partial charge in [0.05, 0.1) is 16.7 Å². The van der Waals surface area contributed by atoms with Crippen LogP contribution in [0.5, 0.6) is 0 Å². The van der Waals surface area contributed by atoms with E-state index < -0.39 is 0 Å². The number of pyridine rings is 1. The lowest BCUT2D eigenvalue weighted by Crippen LogP contribution is -2.23. The predicted octanol–water partition coefficient (Wildman–Crippen LogP) is 3.78. The van der Waals surface area contributed by atoms with Crippen molar-refractivity contribution in [2.24, 2.45) is 0 Å².